The van der Waals surface area contributed by atoms with Crippen molar-refractivity contribution in [2.45, 2.75) is 38.8 Å². The second-order valence-corrected chi connectivity index (χ2v) is 5.79. The van der Waals surface area contributed by atoms with Crippen molar-refractivity contribution >= 4 is 0 Å². The molecule has 3 heteroatoms. The van der Waals surface area contributed by atoms with Crippen LogP contribution in [0.2, 0.25) is 0 Å². The van der Waals surface area contributed by atoms with E-state index in [9.17, 15) is 0 Å². The molecule has 1 aromatic rings. The lowest BCUT2D eigenvalue weighted by atomic mass is 9.99. The van der Waals surface area contributed by atoms with E-state index in [2.05, 4.69) is 55.3 Å². The minimum atomic E-state index is 0.554. The number of hydrogen-bond donors (Lipinski definition) is 1. The normalized spacial score (nSPS) is 26.1. The predicted octanol–water partition coefficient (Wildman–Crippen LogP) is 2.48. The topological polar surface area (TPSA) is 24.5 Å². The number of benzene rings is 1. The zero-order chi connectivity index (χ0) is 13.8. The van der Waals surface area contributed by atoms with Crippen LogP contribution in [0.3, 0.4) is 0 Å². The second kappa shape index (κ2) is 6.40. The van der Waals surface area contributed by atoms with Crippen molar-refractivity contribution in [3.63, 3.8) is 0 Å². The summed E-state index contributed by atoms with van der Waals surface area (Å²) < 4.78 is 5.21. The highest BCUT2D eigenvalue weighted by Crippen LogP contribution is 2.21. The number of methoxy groups -OCH3 is 1. The van der Waals surface area contributed by atoms with Crippen molar-refractivity contribution in [2.24, 2.45) is 0 Å². The van der Waals surface area contributed by atoms with Gasteiger partial charge in [0.1, 0.15) is 5.75 Å². The van der Waals surface area contributed by atoms with Crippen molar-refractivity contribution in [1.82, 2.24) is 10.2 Å². The Balaban J connectivity index is 1.97. The standard InChI is InChI=1S/C16H26N2O/c1-12(15-5-7-16(19-4)8-6-15)10-18-11-13(2)17-9-14(18)3/h5-8,12-14,17H,9-11H2,1-4H3. The molecule has 3 unspecified atom stereocenters. The molecule has 1 aromatic carbocycles. The average molecular weight is 262 g/mol. The number of ether oxygens (including phenoxy) is 1. The summed E-state index contributed by atoms with van der Waals surface area (Å²) in [7, 11) is 1.71. The van der Waals surface area contributed by atoms with E-state index in [4.69, 9.17) is 4.74 Å². The maximum atomic E-state index is 5.21. The van der Waals surface area contributed by atoms with Gasteiger partial charge in [-0.3, -0.25) is 4.90 Å². The quantitative estimate of drug-likeness (QED) is 0.902. The van der Waals surface area contributed by atoms with Crippen LogP contribution >= 0.6 is 0 Å². The second-order valence-electron chi connectivity index (χ2n) is 5.79. The largest absolute Gasteiger partial charge is 0.497 e. The maximum Gasteiger partial charge on any atom is 0.118 e. The highest BCUT2D eigenvalue weighted by atomic mass is 16.5. The van der Waals surface area contributed by atoms with Crippen molar-refractivity contribution in [2.75, 3.05) is 26.7 Å². The van der Waals surface area contributed by atoms with E-state index in [1.54, 1.807) is 7.11 Å². The minimum absolute atomic E-state index is 0.554. The van der Waals surface area contributed by atoms with Crippen LogP contribution in [0.5, 0.6) is 5.75 Å². The van der Waals surface area contributed by atoms with E-state index >= 15 is 0 Å². The van der Waals surface area contributed by atoms with Crippen molar-refractivity contribution in [1.29, 1.82) is 0 Å². The van der Waals surface area contributed by atoms with Gasteiger partial charge in [0.05, 0.1) is 7.11 Å². The van der Waals surface area contributed by atoms with Gasteiger partial charge >= 0.3 is 0 Å². The molecule has 1 heterocycles. The van der Waals surface area contributed by atoms with E-state index in [0.29, 0.717) is 18.0 Å². The molecule has 106 valence electrons. The predicted molar refractivity (Wildman–Crippen MR) is 79.9 cm³/mol. The first-order chi connectivity index (χ1) is 9.10. The minimum Gasteiger partial charge on any atom is -0.497 e. The monoisotopic (exact) mass is 262 g/mol. The van der Waals surface area contributed by atoms with Crippen LogP contribution in [0.1, 0.15) is 32.3 Å². The number of piperazine rings is 1. The SMILES string of the molecule is COc1ccc(C(C)CN2CC(C)NCC2C)cc1. The Morgan fingerprint density at radius 2 is 2.00 bits per heavy atom. The van der Waals surface area contributed by atoms with Crippen molar-refractivity contribution in [3.05, 3.63) is 29.8 Å². The van der Waals surface area contributed by atoms with Gasteiger partial charge in [0.15, 0.2) is 0 Å². The Hall–Kier alpha value is -1.06. The number of rotatable bonds is 4. The molecule has 2 rings (SSSR count). The van der Waals surface area contributed by atoms with Gasteiger partial charge in [0.2, 0.25) is 0 Å². The Morgan fingerprint density at radius 3 is 2.63 bits per heavy atom. The van der Waals surface area contributed by atoms with Crippen LogP contribution in [-0.4, -0.2) is 43.7 Å². The summed E-state index contributed by atoms with van der Waals surface area (Å²) in [5.74, 6) is 1.48. The Labute approximate surface area is 116 Å². The van der Waals surface area contributed by atoms with E-state index in [1.807, 2.05) is 0 Å². The molecular weight excluding hydrogens is 236 g/mol. The third-order valence-corrected chi connectivity index (χ3v) is 4.09. The summed E-state index contributed by atoms with van der Waals surface area (Å²) in [5.41, 5.74) is 1.39. The highest BCUT2D eigenvalue weighted by molar-refractivity contribution is 5.29. The fourth-order valence-electron chi connectivity index (χ4n) is 2.74. The van der Waals surface area contributed by atoms with Crippen LogP contribution in [-0.2, 0) is 0 Å². The third kappa shape index (κ3) is 3.71. The van der Waals surface area contributed by atoms with Crippen LogP contribution in [0, 0.1) is 0 Å². The van der Waals surface area contributed by atoms with Crippen LogP contribution < -0.4 is 10.1 Å². The van der Waals surface area contributed by atoms with Crippen LogP contribution in [0.25, 0.3) is 0 Å². The lowest BCUT2D eigenvalue weighted by Gasteiger charge is -2.39. The molecule has 3 nitrogen and oxygen atoms in total. The van der Waals surface area contributed by atoms with Gasteiger partial charge in [-0.05, 0) is 37.5 Å². The van der Waals surface area contributed by atoms with Crippen molar-refractivity contribution < 1.29 is 4.74 Å². The van der Waals surface area contributed by atoms with Gasteiger partial charge in [-0.25, -0.2) is 0 Å². The summed E-state index contributed by atoms with van der Waals surface area (Å²) in [6, 6.07) is 9.68. The molecule has 0 saturated carbocycles. The van der Waals surface area contributed by atoms with Crippen LogP contribution in [0.15, 0.2) is 24.3 Å². The maximum absolute atomic E-state index is 5.21. The zero-order valence-corrected chi connectivity index (χ0v) is 12.5. The van der Waals surface area contributed by atoms with E-state index in [-0.39, 0.29) is 0 Å². The Kier molecular flexibility index (Phi) is 4.83. The first-order valence-electron chi connectivity index (χ1n) is 7.21. The Bertz CT molecular complexity index is 390. The molecule has 3 atom stereocenters. The van der Waals surface area contributed by atoms with E-state index in [0.717, 1.165) is 25.4 Å². The molecule has 0 spiro atoms. The van der Waals surface area contributed by atoms with Crippen LogP contribution in [0.4, 0.5) is 0 Å². The van der Waals surface area contributed by atoms with Gasteiger partial charge in [0.25, 0.3) is 0 Å². The molecular formula is C16H26N2O. The van der Waals surface area contributed by atoms with E-state index in [1.165, 1.54) is 5.56 Å². The Morgan fingerprint density at radius 1 is 1.32 bits per heavy atom. The lowest BCUT2D eigenvalue weighted by molar-refractivity contribution is 0.140. The van der Waals surface area contributed by atoms with Gasteiger partial charge < -0.3 is 10.1 Å². The molecule has 1 N–H and O–H groups in total. The van der Waals surface area contributed by atoms with Crippen molar-refractivity contribution in [3.8, 4) is 5.75 Å². The fourth-order valence-corrected chi connectivity index (χ4v) is 2.74. The lowest BCUT2D eigenvalue weighted by Crippen LogP contribution is -2.54. The smallest absolute Gasteiger partial charge is 0.118 e. The summed E-state index contributed by atoms with van der Waals surface area (Å²) >= 11 is 0. The molecule has 0 bridgehead atoms. The first-order valence-corrected chi connectivity index (χ1v) is 7.21. The van der Waals surface area contributed by atoms with E-state index < -0.39 is 0 Å². The summed E-state index contributed by atoms with van der Waals surface area (Å²) in [4.78, 5) is 2.59. The number of hydrogen-bond acceptors (Lipinski definition) is 3. The molecule has 1 saturated heterocycles. The average Bonchev–Trinajstić information content (AvgIpc) is 2.43. The van der Waals surface area contributed by atoms with Gasteiger partial charge in [0, 0.05) is 31.7 Å². The molecule has 1 aliphatic heterocycles. The van der Waals surface area contributed by atoms with Gasteiger partial charge in [-0.2, -0.15) is 0 Å². The zero-order valence-electron chi connectivity index (χ0n) is 12.5. The molecule has 0 aliphatic carbocycles. The number of nitrogens with one attached hydrogen (secondary N) is 1. The first kappa shape index (κ1) is 14.4. The third-order valence-electron chi connectivity index (χ3n) is 4.09. The molecule has 19 heavy (non-hydrogen) atoms. The highest BCUT2D eigenvalue weighted by Gasteiger charge is 2.23. The summed E-state index contributed by atoms with van der Waals surface area (Å²) in [5, 5.41) is 3.53. The summed E-state index contributed by atoms with van der Waals surface area (Å²) in [6.45, 7) is 10.2. The molecule has 0 radical (unpaired) electrons. The molecule has 0 aromatic heterocycles. The molecule has 1 aliphatic rings. The van der Waals surface area contributed by atoms with Gasteiger partial charge in [-0.1, -0.05) is 19.1 Å². The summed E-state index contributed by atoms with van der Waals surface area (Å²) in [6.07, 6.45) is 0. The van der Waals surface area contributed by atoms with Gasteiger partial charge in [-0.15, -0.1) is 0 Å². The molecule has 1 fully saturated rings. The molecule has 0 amide bonds. The number of nitrogens with zero attached hydrogens (tertiary/aromatic N) is 1. The fraction of sp³-hybridized carbons (Fsp3) is 0.625.